The van der Waals surface area contributed by atoms with E-state index in [4.69, 9.17) is 0 Å². The molecule has 4 aromatic heterocycles. The molecule has 0 spiro atoms. The van der Waals surface area contributed by atoms with Gasteiger partial charge in [0, 0.05) is 131 Å². The number of piperazine rings is 1. The van der Waals surface area contributed by atoms with Crippen molar-refractivity contribution in [3.63, 3.8) is 0 Å². The molecule has 1 saturated carbocycles. The number of imidazole rings is 1. The molecule has 4 aliphatic heterocycles. The molecule has 2 aromatic carbocycles. The number of imide groups is 1. The second-order valence-electron chi connectivity index (χ2n) is 20.9. The number of fused-ring (bicyclic) bond motifs is 2. The molecule has 0 radical (unpaired) electrons. The molecular weight excluding hydrogens is 921 g/mol. The zero-order valence-corrected chi connectivity index (χ0v) is 41.3. The number of nitrogens with zero attached hydrogens (tertiary/aromatic N) is 9. The molecule has 3 amide bonds. The van der Waals surface area contributed by atoms with E-state index in [1.165, 1.54) is 12.1 Å². The second kappa shape index (κ2) is 19.5. The van der Waals surface area contributed by atoms with Gasteiger partial charge in [-0.1, -0.05) is 6.07 Å². The van der Waals surface area contributed by atoms with Gasteiger partial charge in [-0.05, 0) is 125 Å². The average molecular weight is 984 g/mol. The number of pyridine rings is 2. The van der Waals surface area contributed by atoms with Crippen LogP contribution in [0, 0.1) is 17.6 Å². The summed E-state index contributed by atoms with van der Waals surface area (Å²) >= 11 is 0. The highest BCUT2D eigenvalue weighted by Gasteiger charge is 2.36. The van der Waals surface area contributed by atoms with Crippen LogP contribution in [0.25, 0.3) is 27.8 Å². The van der Waals surface area contributed by atoms with Gasteiger partial charge in [0.05, 0.1) is 16.7 Å². The number of anilines is 1. The fourth-order valence-corrected chi connectivity index (χ4v) is 12.0. The van der Waals surface area contributed by atoms with Crippen molar-refractivity contribution in [1.82, 2.24) is 48.2 Å². The Morgan fingerprint density at radius 2 is 1.57 bits per heavy atom. The maximum atomic E-state index is 15.9. The van der Waals surface area contributed by atoms with Crippen LogP contribution in [-0.4, -0.2) is 126 Å². The minimum absolute atomic E-state index is 0.0558. The predicted octanol–water partition coefficient (Wildman–Crippen LogP) is 5.91. The number of carbonyl (C=O) groups is 3. The second-order valence-corrected chi connectivity index (χ2v) is 20.9. The van der Waals surface area contributed by atoms with Gasteiger partial charge in [-0.3, -0.25) is 52.9 Å². The van der Waals surface area contributed by atoms with Gasteiger partial charge in [0.1, 0.15) is 23.3 Å². The Morgan fingerprint density at radius 1 is 0.806 bits per heavy atom. The van der Waals surface area contributed by atoms with Crippen LogP contribution in [0.3, 0.4) is 0 Å². The Kier molecular flexibility index (Phi) is 12.9. The quantitative estimate of drug-likeness (QED) is 0.142. The van der Waals surface area contributed by atoms with E-state index in [0.717, 1.165) is 103 Å². The number of amides is 3. The number of benzene rings is 2. The number of hydrogen-bond donors (Lipinski definition) is 2. The fourth-order valence-electron chi connectivity index (χ4n) is 12.0. The van der Waals surface area contributed by atoms with Gasteiger partial charge in [-0.15, -0.1) is 0 Å². The first-order valence-electron chi connectivity index (χ1n) is 25.7. The molecule has 1 aliphatic carbocycles. The molecule has 1 unspecified atom stereocenters. The van der Waals surface area contributed by atoms with Crippen LogP contribution < -0.4 is 21.9 Å². The first-order chi connectivity index (χ1) is 34.8. The molecule has 2 atom stereocenters. The van der Waals surface area contributed by atoms with Crippen molar-refractivity contribution < 1.29 is 23.2 Å². The highest BCUT2D eigenvalue weighted by Crippen LogP contribution is 2.38. The summed E-state index contributed by atoms with van der Waals surface area (Å²) < 4.78 is 38.9. The van der Waals surface area contributed by atoms with Gasteiger partial charge in [0.15, 0.2) is 0 Å². The third kappa shape index (κ3) is 9.17. The normalized spacial score (nSPS) is 21.3. The van der Waals surface area contributed by atoms with Crippen molar-refractivity contribution in [3.8, 4) is 5.69 Å². The van der Waals surface area contributed by atoms with E-state index >= 15 is 8.78 Å². The third-order valence-corrected chi connectivity index (χ3v) is 16.2. The molecule has 0 bridgehead atoms. The largest absolute Gasteiger partial charge is 0.388 e. The van der Waals surface area contributed by atoms with Crippen LogP contribution in [0.15, 0.2) is 76.6 Å². The molecule has 5 aliphatic rings. The van der Waals surface area contributed by atoms with Crippen LogP contribution in [-0.2, 0) is 29.7 Å². The maximum absolute atomic E-state index is 15.9. The average Bonchev–Trinajstić information content (AvgIpc) is 4.10. The third-order valence-electron chi connectivity index (χ3n) is 16.2. The van der Waals surface area contributed by atoms with E-state index in [9.17, 15) is 24.0 Å². The Balaban J connectivity index is 0.660. The molecule has 6 aromatic rings. The number of halogens is 2. The molecule has 11 rings (SSSR count). The molecule has 18 heteroatoms. The summed E-state index contributed by atoms with van der Waals surface area (Å²) in [6.45, 7) is 9.60. The van der Waals surface area contributed by atoms with Crippen molar-refractivity contribution in [2.45, 2.75) is 95.4 Å². The van der Waals surface area contributed by atoms with Gasteiger partial charge in [-0.2, -0.15) is 0 Å². The summed E-state index contributed by atoms with van der Waals surface area (Å²) in [6.07, 6.45) is 8.65. The molecule has 72 heavy (non-hydrogen) atoms. The highest BCUT2D eigenvalue weighted by atomic mass is 19.1. The summed E-state index contributed by atoms with van der Waals surface area (Å²) in [5.41, 5.74) is 5.75. The van der Waals surface area contributed by atoms with E-state index in [1.54, 1.807) is 39.5 Å². The SMILES string of the molecule is CNc1ccn(-c2ccnc3c2cc(CN2CCC(c4c(F)cc(C(=O)N5CCC(CN6CCN(Cc7ccc8c(c7)n(C7CC7)c(=O)n8C7CCC(=O)NC7=O)C[C@@H]6C)CC5)cc4F)CC2)n3C)c(=O)c1. The molecule has 16 nitrogen and oxygen atoms in total. The van der Waals surface area contributed by atoms with Gasteiger partial charge < -0.3 is 14.8 Å². The number of carbonyl (C=O) groups excluding carboxylic acids is 3. The molecule has 5 fully saturated rings. The lowest BCUT2D eigenvalue weighted by molar-refractivity contribution is -0.135. The maximum Gasteiger partial charge on any atom is 0.330 e. The zero-order chi connectivity index (χ0) is 49.9. The molecule has 8 heterocycles. The molecule has 378 valence electrons. The van der Waals surface area contributed by atoms with Crippen molar-refractivity contribution in [1.29, 1.82) is 0 Å². The summed E-state index contributed by atoms with van der Waals surface area (Å²) in [4.78, 5) is 78.7. The van der Waals surface area contributed by atoms with Crippen LogP contribution in [0.5, 0.6) is 0 Å². The summed E-state index contributed by atoms with van der Waals surface area (Å²) in [5.74, 6) is -2.27. The lowest BCUT2D eigenvalue weighted by Crippen LogP contribution is -2.53. The van der Waals surface area contributed by atoms with Crippen LogP contribution in [0.2, 0.25) is 0 Å². The van der Waals surface area contributed by atoms with Gasteiger partial charge in [0.2, 0.25) is 11.8 Å². The van der Waals surface area contributed by atoms with E-state index in [2.05, 4.69) is 55.4 Å². The first-order valence-corrected chi connectivity index (χ1v) is 25.7. The summed E-state index contributed by atoms with van der Waals surface area (Å²) in [7, 11) is 3.74. The number of aryl methyl sites for hydroxylation is 1. The van der Waals surface area contributed by atoms with Gasteiger partial charge in [0.25, 0.3) is 11.5 Å². The molecule has 4 saturated heterocycles. The number of likely N-dealkylation sites (tertiary alicyclic amines) is 2. The topological polar surface area (TPSA) is 155 Å². The summed E-state index contributed by atoms with van der Waals surface area (Å²) in [6, 6.07) is 15.6. The number of aromatic nitrogens is 5. The minimum Gasteiger partial charge on any atom is -0.388 e. The number of nitrogens with one attached hydrogen (secondary N) is 2. The zero-order valence-electron chi connectivity index (χ0n) is 41.3. The standard InChI is InChI=1S/C54H63F2N11O5/c1-33-29-62(30-35-4-7-45-47(24-35)66(39-5-6-39)54(72)67(45)46-8-9-48(68)59-52(46)70)22-23-64(33)31-34-11-19-63(20-12-34)53(71)37-25-42(55)50(43(56)26-37)36-13-17-61(18-14-36)32-40-28-41-44(10-16-58-51(41)60(40)3)65-21-15-38(57-2)27-49(65)69/h4,7,10,15-16,21,24-28,33-34,36,39,46,57H,5-6,8-9,11-14,17-20,22-23,29-32H2,1-3H3,(H,59,68,70)/t33-,46?/m0/s1. The lowest BCUT2D eigenvalue weighted by Gasteiger charge is -2.42. The molecular formula is C54H63F2N11O5. The van der Waals surface area contributed by atoms with E-state index in [1.807, 2.05) is 34.4 Å². The Bertz CT molecular complexity index is 3190. The Hall–Kier alpha value is -6.50. The van der Waals surface area contributed by atoms with E-state index < -0.39 is 23.6 Å². The fraction of sp³-hybridized carbons (Fsp3) is 0.481. The van der Waals surface area contributed by atoms with Gasteiger partial charge >= 0.3 is 5.69 Å². The van der Waals surface area contributed by atoms with E-state index in [-0.39, 0.29) is 52.6 Å². The number of piperidine rings is 3. The van der Waals surface area contributed by atoms with Crippen LogP contribution >= 0.6 is 0 Å². The van der Waals surface area contributed by atoms with Crippen LogP contribution in [0.1, 0.15) is 103 Å². The molecule has 2 N–H and O–H groups in total. The summed E-state index contributed by atoms with van der Waals surface area (Å²) in [5, 5.41) is 6.28. The van der Waals surface area contributed by atoms with Crippen molar-refractivity contribution in [3.05, 3.63) is 122 Å². The minimum atomic E-state index is -0.701. The lowest BCUT2D eigenvalue weighted by atomic mass is 9.87. The van der Waals surface area contributed by atoms with E-state index in [0.29, 0.717) is 63.9 Å². The van der Waals surface area contributed by atoms with Crippen molar-refractivity contribution in [2.75, 3.05) is 64.7 Å². The van der Waals surface area contributed by atoms with Crippen molar-refractivity contribution in [2.24, 2.45) is 13.0 Å². The monoisotopic (exact) mass is 983 g/mol. The van der Waals surface area contributed by atoms with Crippen molar-refractivity contribution >= 4 is 45.5 Å². The number of hydrogen-bond acceptors (Lipinski definition) is 10. The first kappa shape index (κ1) is 47.8. The van der Waals surface area contributed by atoms with Gasteiger partial charge in [-0.25, -0.2) is 18.6 Å². The predicted molar refractivity (Wildman–Crippen MR) is 270 cm³/mol. The Morgan fingerprint density at radius 3 is 2.26 bits per heavy atom. The number of rotatable bonds is 12. The van der Waals surface area contributed by atoms with Crippen LogP contribution in [0.4, 0.5) is 14.5 Å². The smallest absolute Gasteiger partial charge is 0.330 e. The highest BCUT2D eigenvalue weighted by molar-refractivity contribution is 6.00. The Labute approximate surface area is 416 Å².